The van der Waals surface area contributed by atoms with E-state index in [1.165, 1.54) is 0 Å². The van der Waals surface area contributed by atoms with Gasteiger partial charge in [0.2, 0.25) is 5.91 Å². The second-order valence-electron chi connectivity index (χ2n) is 6.42. The first-order chi connectivity index (χ1) is 12.4. The molecule has 5 heteroatoms. The smallest absolute Gasteiger partial charge is 0.244 e. The van der Waals surface area contributed by atoms with Crippen LogP contribution in [0.5, 0.6) is 11.5 Å². The van der Waals surface area contributed by atoms with Gasteiger partial charge in [0, 0.05) is 0 Å². The molecule has 26 heavy (non-hydrogen) atoms. The van der Waals surface area contributed by atoms with E-state index in [2.05, 4.69) is 30.4 Å². The molecule has 2 aromatic carbocycles. The summed E-state index contributed by atoms with van der Waals surface area (Å²) in [6.45, 7) is 6.22. The number of aryl methyl sites for hydroxylation is 1. The summed E-state index contributed by atoms with van der Waals surface area (Å²) < 4.78 is 10.6. The van der Waals surface area contributed by atoms with Gasteiger partial charge in [0.25, 0.3) is 0 Å². The third-order valence-corrected chi connectivity index (χ3v) is 4.16. The van der Waals surface area contributed by atoms with Crippen LogP contribution in [0.2, 0.25) is 0 Å². The van der Waals surface area contributed by atoms with Crippen molar-refractivity contribution in [2.45, 2.75) is 33.1 Å². The van der Waals surface area contributed by atoms with Gasteiger partial charge in [-0.1, -0.05) is 26.0 Å². The topological polar surface area (TPSA) is 59.9 Å². The van der Waals surface area contributed by atoms with Crippen molar-refractivity contribution in [2.24, 2.45) is 5.10 Å². The zero-order valence-electron chi connectivity index (χ0n) is 16.0. The summed E-state index contributed by atoms with van der Waals surface area (Å²) in [6.07, 6.45) is 1.94. The van der Waals surface area contributed by atoms with Crippen molar-refractivity contribution in [1.82, 2.24) is 5.43 Å². The van der Waals surface area contributed by atoms with Crippen molar-refractivity contribution in [3.8, 4) is 11.5 Å². The average molecular weight is 354 g/mol. The van der Waals surface area contributed by atoms with Crippen molar-refractivity contribution >= 4 is 12.1 Å². The van der Waals surface area contributed by atoms with E-state index in [-0.39, 0.29) is 12.3 Å². The number of hydrogen-bond donors (Lipinski definition) is 1. The highest BCUT2D eigenvalue weighted by molar-refractivity contribution is 5.85. The minimum Gasteiger partial charge on any atom is -0.497 e. The molecule has 0 aromatic heterocycles. The maximum Gasteiger partial charge on any atom is 0.244 e. The number of ether oxygens (including phenoxy) is 2. The molecule has 0 heterocycles. The van der Waals surface area contributed by atoms with E-state index in [1.54, 1.807) is 20.4 Å². The molecule has 0 fully saturated rings. The number of hydrazone groups is 1. The van der Waals surface area contributed by atoms with Gasteiger partial charge < -0.3 is 9.47 Å². The number of methoxy groups -OCH3 is 2. The molecule has 0 bridgehead atoms. The average Bonchev–Trinajstić information content (AvgIpc) is 2.63. The second-order valence-corrected chi connectivity index (χ2v) is 6.42. The zero-order valence-corrected chi connectivity index (χ0v) is 16.0. The van der Waals surface area contributed by atoms with E-state index in [1.807, 2.05) is 37.3 Å². The molecule has 0 saturated heterocycles. The van der Waals surface area contributed by atoms with Gasteiger partial charge in [-0.05, 0) is 59.4 Å². The van der Waals surface area contributed by atoms with Crippen LogP contribution in [0.4, 0.5) is 0 Å². The molecule has 1 N–H and O–H groups in total. The highest BCUT2D eigenvalue weighted by atomic mass is 16.5. The first-order valence-electron chi connectivity index (χ1n) is 8.58. The Labute approximate surface area is 155 Å². The lowest BCUT2D eigenvalue weighted by Crippen LogP contribution is -2.19. The van der Waals surface area contributed by atoms with Crippen molar-refractivity contribution in [2.75, 3.05) is 14.2 Å². The number of nitrogens with one attached hydrogen (secondary N) is 1. The third-order valence-electron chi connectivity index (χ3n) is 4.16. The van der Waals surface area contributed by atoms with E-state index < -0.39 is 0 Å². The molecule has 0 aliphatic heterocycles. The molecular weight excluding hydrogens is 328 g/mol. The van der Waals surface area contributed by atoms with Gasteiger partial charge >= 0.3 is 0 Å². The Balaban J connectivity index is 2.02. The minimum absolute atomic E-state index is 0.165. The predicted octanol–water partition coefficient (Wildman–Crippen LogP) is 3.83. The van der Waals surface area contributed by atoms with Crippen LogP contribution < -0.4 is 14.9 Å². The highest BCUT2D eigenvalue weighted by Gasteiger charge is 2.10. The number of rotatable bonds is 7. The number of carbonyl (C=O) groups is 1. The Kier molecular flexibility index (Phi) is 6.78. The lowest BCUT2D eigenvalue weighted by molar-refractivity contribution is -0.120. The summed E-state index contributed by atoms with van der Waals surface area (Å²) in [6, 6.07) is 11.4. The summed E-state index contributed by atoms with van der Waals surface area (Å²) in [5, 5.41) is 4.10. The van der Waals surface area contributed by atoms with Crippen LogP contribution in [-0.2, 0) is 11.2 Å². The van der Waals surface area contributed by atoms with Gasteiger partial charge in [0.15, 0.2) is 0 Å². The van der Waals surface area contributed by atoms with Crippen LogP contribution in [-0.4, -0.2) is 26.3 Å². The fourth-order valence-corrected chi connectivity index (χ4v) is 2.62. The molecule has 0 spiro atoms. The largest absolute Gasteiger partial charge is 0.497 e. The number of nitrogens with zero attached hydrogens (tertiary/aromatic N) is 1. The number of amides is 1. The van der Waals surface area contributed by atoms with Gasteiger partial charge in [-0.25, -0.2) is 5.43 Å². The Morgan fingerprint density at radius 2 is 1.85 bits per heavy atom. The Morgan fingerprint density at radius 3 is 2.42 bits per heavy atom. The van der Waals surface area contributed by atoms with Gasteiger partial charge in [-0.2, -0.15) is 5.10 Å². The lowest BCUT2D eigenvalue weighted by atomic mass is 9.97. The Morgan fingerprint density at radius 1 is 1.15 bits per heavy atom. The number of benzene rings is 2. The molecule has 138 valence electrons. The summed E-state index contributed by atoms with van der Waals surface area (Å²) in [5.41, 5.74) is 6.60. The maximum absolute atomic E-state index is 12.0. The SMILES string of the molecule is COc1ccc(CC(=O)N/N=C\c2cc(C(C)C)c(OC)cc2C)cc1. The zero-order chi connectivity index (χ0) is 19.1. The van der Waals surface area contributed by atoms with E-state index >= 15 is 0 Å². The first kappa shape index (κ1) is 19.5. The molecule has 0 saturated carbocycles. The van der Waals surface area contributed by atoms with Crippen LogP contribution in [0.25, 0.3) is 0 Å². The Hall–Kier alpha value is -2.82. The van der Waals surface area contributed by atoms with Gasteiger partial charge in [-0.3, -0.25) is 4.79 Å². The van der Waals surface area contributed by atoms with Crippen molar-refractivity contribution in [3.63, 3.8) is 0 Å². The van der Waals surface area contributed by atoms with Gasteiger partial charge in [0.1, 0.15) is 11.5 Å². The standard InChI is InChI=1S/C21H26N2O3/c1-14(2)19-12-17(15(3)10-20(19)26-5)13-22-23-21(24)11-16-6-8-18(25-4)9-7-16/h6-10,12-14H,11H2,1-5H3,(H,23,24)/b22-13-. The molecule has 0 radical (unpaired) electrons. The van der Waals surface area contributed by atoms with Crippen LogP contribution in [0, 0.1) is 6.92 Å². The predicted molar refractivity (Wildman–Crippen MR) is 104 cm³/mol. The van der Waals surface area contributed by atoms with Crippen LogP contribution in [0.15, 0.2) is 41.5 Å². The molecular formula is C21H26N2O3. The minimum atomic E-state index is -0.165. The van der Waals surface area contributed by atoms with Crippen molar-refractivity contribution in [3.05, 3.63) is 58.7 Å². The van der Waals surface area contributed by atoms with Crippen LogP contribution in [0.3, 0.4) is 0 Å². The van der Waals surface area contributed by atoms with Crippen molar-refractivity contribution < 1.29 is 14.3 Å². The first-order valence-corrected chi connectivity index (χ1v) is 8.58. The molecule has 0 aliphatic rings. The molecule has 5 nitrogen and oxygen atoms in total. The molecule has 0 aliphatic carbocycles. The number of hydrogen-bond acceptors (Lipinski definition) is 4. The van der Waals surface area contributed by atoms with E-state index in [0.717, 1.165) is 33.8 Å². The van der Waals surface area contributed by atoms with Gasteiger partial charge in [0.05, 0.1) is 26.9 Å². The van der Waals surface area contributed by atoms with Crippen LogP contribution in [0.1, 0.15) is 42.0 Å². The van der Waals surface area contributed by atoms with Crippen molar-refractivity contribution in [1.29, 1.82) is 0 Å². The maximum atomic E-state index is 12.0. The molecule has 1 amide bonds. The Bertz CT molecular complexity index is 781. The van der Waals surface area contributed by atoms with Gasteiger partial charge in [-0.15, -0.1) is 0 Å². The highest BCUT2D eigenvalue weighted by Crippen LogP contribution is 2.29. The number of carbonyl (C=O) groups excluding carboxylic acids is 1. The van der Waals surface area contributed by atoms with E-state index in [9.17, 15) is 4.79 Å². The van der Waals surface area contributed by atoms with Crippen LogP contribution >= 0.6 is 0 Å². The fourth-order valence-electron chi connectivity index (χ4n) is 2.62. The second kappa shape index (κ2) is 9.04. The molecule has 2 rings (SSSR count). The summed E-state index contributed by atoms with van der Waals surface area (Å²) in [7, 11) is 3.29. The molecule has 0 atom stereocenters. The van der Waals surface area contributed by atoms with E-state index in [4.69, 9.17) is 9.47 Å². The monoisotopic (exact) mass is 354 g/mol. The third kappa shape index (κ3) is 5.09. The molecule has 2 aromatic rings. The summed E-state index contributed by atoms with van der Waals surface area (Å²) >= 11 is 0. The normalized spacial score (nSPS) is 11.0. The summed E-state index contributed by atoms with van der Waals surface area (Å²) in [5.74, 6) is 1.81. The summed E-state index contributed by atoms with van der Waals surface area (Å²) in [4.78, 5) is 12.0. The quantitative estimate of drug-likeness (QED) is 0.607. The lowest BCUT2D eigenvalue weighted by Gasteiger charge is -2.14. The fraction of sp³-hybridized carbons (Fsp3) is 0.333. The molecule has 0 unspecified atom stereocenters. The van der Waals surface area contributed by atoms with E-state index in [0.29, 0.717) is 5.92 Å².